The van der Waals surface area contributed by atoms with Crippen molar-refractivity contribution in [1.82, 2.24) is 5.32 Å². The number of rotatable bonds is 4. The van der Waals surface area contributed by atoms with Gasteiger partial charge in [0.1, 0.15) is 0 Å². The van der Waals surface area contributed by atoms with Gasteiger partial charge in [0.2, 0.25) is 5.91 Å². The van der Waals surface area contributed by atoms with Gasteiger partial charge in [-0.3, -0.25) is 4.79 Å². The number of amides is 1. The molecule has 1 amide bonds. The van der Waals surface area contributed by atoms with E-state index in [1.807, 2.05) is 0 Å². The third kappa shape index (κ3) is 3.13. The van der Waals surface area contributed by atoms with Crippen LogP contribution in [0.3, 0.4) is 0 Å². The van der Waals surface area contributed by atoms with Crippen LogP contribution < -0.4 is 11.1 Å². The van der Waals surface area contributed by atoms with Gasteiger partial charge in [-0.15, -0.1) is 0 Å². The minimum Gasteiger partial charge on any atom is -0.353 e. The Kier molecular flexibility index (Phi) is 4.88. The van der Waals surface area contributed by atoms with Crippen molar-refractivity contribution >= 4 is 5.91 Å². The van der Waals surface area contributed by atoms with E-state index in [2.05, 4.69) is 19.2 Å². The SMILES string of the molecule is CC(C)C1CCCCC1NC(=O)C1(CN)CCCC1. The maximum Gasteiger partial charge on any atom is 0.227 e. The molecule has 3 heteroatoms. The van der Waals surface area contributed by atoms with Gasteiger partial charge in [0.15, 0.2) is 0 Å². The van der Waals surface area contributed by atoms with Gasteiger partial charge >= 0.3 is 0 Å². The standard InChI is InChI=1S/C16H30N2O/c1-12(2)13-7-3-4-8-14(13)18-15(19)16(11-17)9-5-6-10-16/h12-14H,3-11,17H2,1-2H3,(H,18,19). The molecule has 2 aliphatic carbocycles. The van der Waals surface area contributed by atoms with E-state index < -0.39 is 0 Å². The van der Waals surface area contributed by atoms with Crippen molar-refractivity contribution in [2.75, 3.05) is 6.54 Å². The van der Waals surface area contributed by atoms with Gasteiger partial charge in [0, 0.05) is 12.6 Å². The summed E-state index contributed by atoms with van der Waals surface area (Å²) in [5.41, 5.74) is 5.66. The molecular weight excluding hydrogens is 236 g/mol. The third-order valence-electron chi connectivity index (χ3n) is 5.43. The zero-order valence-corrected chi connectivity index (χ0v) is 12.6. The number of carbonyl (C=O) groups is 1. The normalized spacial score (nSPS) is 30.5. The highest BCUT2D eigenvalue weighted by Gasteiger charge is 2.41. The first-order valence-electron chi connectivity index (χ1n) is 8.10. The summed E-state index contributed by atoms with van der Waals surface area (Å²) in [6, 6.07) is 0.380. The number of hydrogen-bond acceptors (Lipinski definition) is 2. The van der Waals surface area contributed by atoms with Crippen molar-refractivity contribution in [2.45, 2.75) is 71.3 Å². The summed E-state index contributed by atoms with van der Waals surface area (Å²) in [5.74, 6) is 1.54. The molecular formula is C16H30N2O. The summed E-state index contributed by atoms with van der Waals surface area (Å²) < 4.78 is 0. The Morgan fingerprint density at radius 3 is 2.42 bits per heavy atom. The Hall–Kier alpha value is -0.570. The quantitative estimate of drug-likeness (QED) is 0.822. The van der Waals surface area contributed by atoms with Crippen LogP contribution in [0.15, 0.2) is 0 Å². The van der Waals surface area contributed by atoms with Gasteiger partial charge in [-0.25, -0.2) is 0 Å². The summed E-state index contributed by atoms with van der Waals surface area (Å²) in [5, 5.41) is 3.37. The predicted molar refractivity (Wildman–Crippen MR) is 78.7 cm³/mol. The first kappa shape index (κ1) is 14.8. The van der Waals surface area contributed by atoms with Gasteiger partial charge in [-0.1, -0.05) is 39.5 Å². The lowest BCUT2D eigenvalue weighted by Gasteiger charge is -2.37. The summed E-state index contributed by atoms with van der Waals surface area (Å²) in [6.07, 6.45) is 9.25. The zero-order valence-electron chi connectivity index (χ0n) is 12.6. The monoisotopic (exact) mass is 266 g/mol. The maximum atomic E-state index is 12.6. The molecule has 0 bridgehead atoms. The molecule has 0 heterocycles. The minimum absolute atomic E-state index is 0.241. The summed E-state index contributed by atoms with van der Waals surface area (Å²) in [6.45, 7) is 5.07. The van der Waals surface area contributed by atoms with Crippen molar-refractivity contribution in [3.05, 3.63) is 0 Å². The molecule has 2 atom stereocenters. The molecule has 0 aromatic heterocycles. The molecule has 2 unspecified atom stereocenters. The molecule has 0 aromatic rings. The van der Waals surface area contributed by atoms with Crippen LogP contribution in [0.2, 0.25) is 0 Å². The number of hydrogen-bond donors (Lipinski definition) is 2. The Morgan fingerprint density at radius 2 is 1.84 bits per heavy atom. The Labute approximate surface area is 117 Å². The number of carbonyl (C=O) groups excluding carboxylic acids is 1. The number of nitrogens with one attached hydrogen (secondary N) is 1. The van der Waals surface area contributed by atoms with Crippen LogP contribution in [0.1, 0.15) is 65.2 Å². The van der Waals surface area contributed by atoms with E-state index in [0.717, 1.165) is 32.1 Å². The first-order chi connectivity index (χ1) is 9.09. The average molecular weight is 266 g/mol. The number of nitrogens with two attached hydrogens (primary N) is 1. The van der Waals surface area contributed by atoms with E-state index in [4.69, 9.17) is 5.73 Å². The van der Waals surface area contributed by atoms with Gasteiger partial charge < -0.3 is 11.1 Å². The summed E-state index contributed by atoms with van der Waals surface area (Å²) >= 11 is 0. The van der Waals surface area contributed by atoms with E-state index in [9.17, 15) is 4.79 Å². The fourth-order valence-corrected chi connectivity index (χ4v) is 4.03. The Bertz CT molecular complexity index is 308. The molecule has 0 radical (unpaired) electrons. The van der Waals surface area contributed by atoms with Gasteiger partial charge in [-0.2, -0.15) is 0 Å². The van der Waals surface area contributed by atoms with E-state index in [-0.39, 0.29) is 11.3 Å². The predicted octanol–water partition coefficient (Wildman–Crippen LogP) is 2.84. The van der Waals surface area contributed by atoms with Crippen molar-refractivity contribution in [3.8, 4) is 0 Å². The molecule has 2 aliphatic rings. The lowest BCUT2D eigenvalue weighted by Crippen LogP contribution is -2.51. The van der Waals surface area contributed by atoms with Gasteiger partial charge in [0.05, 0.1) is 5.41 Å². The Balaban J connectivity index is 2.00. The van der Waals surface area contributed by atoms with Crippen LogP contribution in [0, 0.1) is 17.3 Å². The van der Waals surface area contributed by atoms with Crippen LogP contribution in [-0.4, -0.2) is 18.5 Å². The molecule has 19 heavy (non-hydrogen) atoms. The minimum atomic E-state index is -0.251. The van der Waals surface area contributed by atoms with Gasteiger partial charge in [0.25, 0.3) is 0 Å². The van der Waals surface area contributed by atoms with E-state index in [0.29, 0.717) is 24.4 Å². The highest BCUT2D eigenvalue weighted by atomic mass is 16.2. The van der Waals surface area contributed by atoms with Crippen molar-refractivity contribution in [1.29, 1.82) is 0 Å². The van der Waals surface area contributed by atoms with Crippen molar-refractivity contribution in [2.24, 2.45) is 23.0 Å². The second-order valence-corrected chi connectivity index (χ2v) is 6.96. The van der Waals surface area contributed by atoms with E-state index in [1.54, 1.807) is 0 Å². The second-order valence-electron chi connectivity index (χ2n) is 6.96. The van der Waals surface area contributed by atoms with Crippen LogP contribution >= 0.6 is 0 Å². The smallest absolute Gasteiger partial charge is 0.227 e. The maximum absolute atomic E-state index is 12.6. The van der Waals surface area contributed by atoms with E-state index >= 15 is 0 Å². The van der Waals surface area contributed by atoms with Crippen LogP contribution in [0.4, 0.5) is 0 Å². The largest absolute Gasteiger partial charge is 0.353 e. The summed E-state index contributed by atoms with van der Waals surface area (Å²) in [7, 11) is 0. The first-order valence-corrected chi connectivity index (χ1v) is 8.10. The zero-order chi connectivity index (χ0) is 13.9. The molecule has 2 fully saturated rings. The van der Waals surface area contributed by atoms with Crippen LogP contribution in [0.25, 0.3) is 0 Å². The fourth-order valence-electron chi connectivity index (χ4n) is 4.03. The van der Waals surface area contributed by atoms with Crippen molar-refractivity contribution < 1.29 is 4.79 Å². The molecule has 0 saturated heterocycles. The molecule has 3 nitrogen and oxygen atoms in total. The molecule has 2 saturated carbocycles. The average Bonchev–Trinajstić information content (AvgIpc) is 2.89. The van der Waals surface area contributed by atoms with Crippen molar-refractivity contribution in [3.63, 3.8) is 0 Å². The van der Waals surface area contributed by atoms with Gasteiger partial charge in [-0.05, 0) is 37.5 Å². The lowest BCUT2D eigenvalue weighted by atomic mass is 9.76. The lowest BCUT2D eigenvalue weighted by molar-refractivity contribution is -0.131. The molecule has 2 rings (SSSR count). The molecule has 0 spiro atoms. The van der Waals surface area contributed by atoms with Crippen LogP contribution in [-0.2, 0) is 4.79 Å². The van der Waals surface area contributed by atoms with Crippen LogP contribution in [0.5, 0.6) is 0 Å². The highest BCUT2D eigenvalue weighted by molar-refractivity contribution is 5.83. The Morgan fingerprint density at radius 1 is 1.21 bits per heavy atom. The third-order valence-corrected chi connectivity index (χ3v) is 5.43. The molecule has 0 aliphatic heterocycles. The highest BCUT2D eigenvalue weighted by Crippen LogP contribution is 2.38. The summed E-state index contributed by atoms with van der Waals surface area (Å²) in [4.78, 5) is 12.6. The topological polar surface area (TPSA) is 55.1 Å². The molecule has 3 N–H and O–H groups in total. The molecule has 110 valence electrons. The molecule has 0 aromatic carbocycles. The second kappa shape index (κ2) is 6.25. The fraction of sp³-hybridized carbons (Fsp3) is 0.938. The van der Waals surface area contributed by atoms with E-state index in [1.165, 1.54) is 19.3 Å².